The van der Waals surface area contributed by atoms with E-state index in [1.54, 1.807) is 11.3 Å². The van der Waals surface area contributed by atoms with Crippen LogP contribution in [0.25, 0.3) is 0 Å². The SMILES string of the molecule is Cc1cccc(N2C(N)=C(C#N)[C@H](c3cc(C)sc3C)C3=C2CC(C)(C)CC3=O)c1. The summed E-state index contributed by atoms with van der Waals surface area (Å²) in [5, 5.41) is 10.1. The van der Waals surface area contributed by atoms with Crippen molar-refractivity contribution < 1.29 is 4.79 Å². The number of carbonyl (C=O) groups excluding carboxylic acids is 1. The average Bonchev–Trinajstić information content (AvgIpc) is 2.97. The number of carbonyl (C=O) groups is 1. The number of rotatable bonds is 2. The molecule has 2 N–H and O–H groups in total. The Labute approximate surface area is 182 Å². The molecule has 154 valence electrons. The van der Waals surface area contributed by atoms with Gasteiger partial charge in [-0.2, -0.15) is 5.26 Å². The Kier molecular flexibility index (Phi) is 4.86. The Morgan fingerprint density at radius 2 is 1.93 bits per heavy atom. The lowest BCUT2D eigenvalue weighted by atomic mass is 9.68. The molecule has 0 radical (unpaired) electrons. The van der Waals surface area contributed by atoms with Gasteiger partial charge in [-0.25, -0.2) is 0 Å². The third-order valence-electron chi connectivity index (χ3n) is 6.03. The van der Waals surface area contributed by atoms with E-state index in [-0.39, 0.29) is 17.1 Å². The summed E-state index contributed by atoms with van der Waals surface area (Å²) in [6, 6.07) is 12.5. The molecule has 0 spiro atoms. The Morgan fingerprint density at radius 1 is 1.20 bits per heavy atom. The van der Waals surface area contributed by atoms with Crippen LogP contribution in [0.1, 0.15) is 53.5 Å². The highest BCUT2D eigenvalue weighted by Gasteiger charge is 2.45. The van der Waals surface area contributed by atoms with E-state index in [1.807, 2.05) is 30.0 Å². The summed E-state index contributed by atoms with van der Waals surface area (Å²) < 4.78 is 0. The van der Waals surface area contributed by atoms with Gasteiger partial charge in [0.25, 0.3) is 0 Å². The summed E-state index contributed by atoms with van der Waals surface area (Å²) in [6.07, 6.45) is 1.21. The van der Waals surface area contributed by atoms with Crippen LogP contribution in [0.3, 0.4) is 0 Å². The fourth-order valence-electron chi connectivity index (χ4n) is 4.82. The number of aryl methyl sites for hydroxylation is 3. The minimum Gasteiger partial charge on any atom is -0.384 e. The van der Waals surface area contributed by atoms with Gasteiger partial charge < -0.3 is 5.73 Å². The number of nitrogens with zero attached hydrogens (tertiary/aromatic N) is 2. The highest BCUT2D eigenvalue weighted by molar-refractivity contribution is 7.12. The van der Waals surface area contributed by atoms with Crippen molar-refractivity contribution in [3.63, 3.8) is 0 Å². The van der Waals surface area contributed by atoms with Crippen molar-refractivity contribution in [2.24, 2.45) is 11.1 Å². The number of Topliss-reactive ketones (excluding diaryl/α,β-unsaturated/α-hetero) is 1. The molecule has 1 aromatic carbocycles. The zero-order valence-corrected chi connectivity index (χ0v) is 19.0. The number of hydrogen-bond acceptors (Lipinski definition) is 5. The van der Waals surface area contributed by atoms with E-state index in [0.717, 1.165) is 39.4 Å². The maximum absolute atomic E-state index is 13.5. The van der Waals surface area contributed by atoms with Crippen LogP contribution in [-0.2, 0) is 4.79 Å². The van der Waals surface area contributed by atoms with Gasteiger partial charge in [0.05, 0.1) is 17.6 Å². The zero-order chi connectivity index (χ0) is 21.8. The van der Waals surface area contributed by atoms with Crippen LogP contribution >= 0.6 is 11.3 Å². The van der Waals surface area contributed by atoms with Gasteiger partial charge in [-0.05, 0) is 61.9 Å². The lowest BCUT2D eigenvalue weighted by Gasteiger charge is -2.43. The van der Waals surface area contributed by atoms with E-state index in [9.17, 15) is 10.1 Å². The predicted molar refractivity (Wildman–Crippen MR) is 122 cm³/mol. The molecule has 2 aliphatic rings. The molecular formula is C25H27N3OS. The van der Waals surface area contributed by atoms with Gasteiger partial charge in [0.2, 0.25) is 0 Å². The number of nitrogens with two attached hydrogens (primary N) is 1. The summed E-state index contributed by atoms with van der Waals surface area (Å²) in [6.45, 7) is 10.4. The molecule has 4 nitrogen and oxygen atoms in total. The quantitative estimate of drug-likeness (QED) is 0.689. The monoisotopic (exact) mass is 417 g/mol. The molecule has 4 rings (SSSR count). The van der Waals surface area contributed by atoms with Crippen molar-refractivity contribution in [3.8, 4) is 6.07 Å². The van der Waals surface area contributed by atoms with Gasteiger partial charge in [-0.15, -0.1) is 11.3 Å². The van der Waals surface area contributed by atoms with E-state index < -0.39 is 0 Å². The molecule has 0 amide bonds. The summed E-state index contributed by atoms with van der Waals surface area (Å²) in [4.78, 5) is 17.8. The molecule has 0 saturated heterocycles. The Morgan fingerprint density at radius 3 is 2.53 bits per heavy atom. The number of ketones is 1. The van der Waals surface area contributed by atoms with Crippen molar-refractivity contribution in [2.75, 3.05) is 4.90 Å². The van der Waals surface area contributed by atoms with E-state index in [1.165, 1.54) is 4.88 Å². The molecule has 0 saturated carbocycles. The van der Waals surface area contributed by atoms with Crippen molar-refractivity contribution in [1.82, 2.24) is 0 Å². The molecule has 2 aromatic rings. The lowest BCUT2D eigenvalue weighted by molar-refractivity contribution is -0.118. The lowest BCUT2D eigenvalue weighted by Crippen LogP contribution is -2.42. The molecule has 1 aliphatic heterocycles. The molecule has 1 atom stereocenters. The Balaban J connectivity index is 2.03. The maximum atomic E-state index is 13.5. The zero-order valence-electron chi connectivity index (χ0n) is 18.2. The first-order valence-electron chi connectivity index (χ1n) is 10.2. The third kappa shape index (κ3) is 3.26. The van der Waals surface area contributed by atoms with Gasteiger partial charge in [-0.3, -0.25) is 9.69 Å². The minimum absolute atomic E-state index is 0.118. The smallest absolute Gasteiger partial charge is 0.162 e. The van der Waals surface area contributed by atoms with Crippen LogP contribution < -0.4 is 10.6 Å². The number of hydrogen-bond donors (Lipinski definition) is 1. The molecule has 1 aromatic heterocycles. The predicted octanol–water partition coefficient (Wildman–Crippen LogP) is 5.61. The van der Waals surface area contributed by atoms with Gasteiger partial charge in [-0.1, -0.05) is 26.0 Å². The average molecular weight is 418 g/mol. The first-order valence-corrected chi connectivity index (χ1v) is 11.0. The topological polar surface area (TPSA) is 70.1 Å². The largest absolute Gasteiger partial charge is 0.384 e. The van der Waals surface area contributed by atoms with Crippen LogP contribution in [0.15, 0.2) is 53.0 Å². The van der Waals surface area contributed by atoms with Crippen molar-refractivity contribution in [2.45, 2.75) is 53.4 Å². The second-order valence-electron chi connectivity index (χ2n) is 9.19. The highest BCUT2D eigenvalue weighted by Crippen LogP contribution is 2.51. The normalized spacial score (nSPS) is 21.0. The molecule has 5 heteroatoms. The molecular weight excluding hydrogens is 390 g/mol. The third-order valence-corrected chi connectivity index (χ3v) is 7.01. The molecule has 30 heavy (non-hydrogen) atoms. The highest BCUT2D eigenvalue weighted by atomic mass is 32.1. The Bertz CT molecular complexity index is 1160. The van der Waals surface area contributed by atoms with Crippen LogP contribution in [-0.4, -0.2) is 5.78 Å². The summed E-state index contributed by atoms with van der Waals surface area (Å²) >= 11 is 1.70. The standard InChI is InChI=1S/C25H27N3OS/c1-14-7-6-8-17(9-14)28-20-11-25(4,5)12-21(29)23(20)22(19(13-26)24(28)27)18-10-15(2)30-16(18)3/h6-10,22H,11-12,27H2,1-5H3/t22-/m0/s1. The van der Waals surface area contributed by atoms with E-state index >= 15 is 0 Å². The molecule has 1 aliphatic carbocycles. The fraction of sp³-hybridized carbons (Fsp3) is 0.360. The second kappa shape index (κ2) is 7.14. The van der Waals surface area contributed by atoms with E-state index in [4.69, 9.17) is 5.73 Å². The summed E-state index contributed by atoms with van der Waals surface area (Å²) in [5.74, 6) is 0.160. The summed E-state index contributed by atoms with van der Waals surface area (Å²) in [7, 11) is 0. The van der Waals surface area contributed by atoms with Crippen LogP contribution in [0.2, 0.25) is 0 Å². The summed E-state index contributed by atoms with van der Waals surface area (Å²) in [5.41, 5.74) is 11.7. The van der Waals surface area contributed by atoms with Gasteiger partial charge in [0.15, 0.2) is 5.78 Å². The van der Waals surface area contributed by atoms with Crippen molar-refractivity contribution >= 4 is 22.8 Å². The molecule has 2 heterocycles. The van der Waals surface area contributed by atoms with Gasteiger partial charge in [0, 0.05) is 33.1 Å². The van der Waals surface area contributed by atoms with E-state index in [2.05, 4.69) is 45.9 Å². The maximum Gasteiger partial charge on any atom is 0.162 e. The van der Waals surface area contributed by atoms with Crippen molar-refractivity contribution in [3.05, 3.63) is 73.9 Å². The number of benzene rings is 1. The number of nitriles is 1. The number of anilines is 1. The molecule has 0 fully saturated rings. The van der Waals surface area contributed by atoms with Gasteiger partial charge >= 0.3 is 0 Å². The number of allylic oxidation sites excluding steroid dienone is 3. The Hall–Kier alpha value is -2.84. The fourth-order valence-corrected chi connectivity index (χ4v) is 5.78. The van der Waals surface area contributed by atoms with Crippen LogP contribution in [0, 0.1) is 37.5 Å². The molecule has 0 unspecified atom stereocenters. The van der Waals surface area contributed by atoms with E-state index in [0.29, 0.717) is 17.8 Å². The van der Waals surface area contributed by atoms with Gasteiger partial charge in [0.1, 0.15) is 5.82 Å². The number of thiophene rings is 1. The van der Waals surface area contributed by atoms with Crippen LogP contribution in [0.4, 0.5) is 5.69 Å². The first kappa shape index (κ1) is 20.4. The van der Waals surface area contributed by atoms with Crippen LogP contribution in [0.5, 0.6) is 0 Å². The second-order valence-corrected chi connectivity index (χ2v) is 10.6. The minimum atomic E-state index is -0.389. The molecule has 0 bridgehead atoms. The van der Waals surface area contributed by atoms with Crippen molar-refractivity contribution in [1.29, 1.82) is 5.26 Å². The first-order chi connectivity index (χ1) is 14.1.